The number of azo groups is 1. The normalized spacial score (nSPS) is 10.9. The van der Waals surface area contributed by atoms with E-state index in [4.69, 9.17) is 0 Å². The zero-order valence-electron chi connectivity index (χ0n) is 16.4. The maximum atomic E-state index is 13.5. The van der Waals surface area contributed by atoms with Gasteiger partial charge in [-0.2, -0.15) is 10.2 Å². The third-order valence-electron chi connectivity index (χ3n) is 4.40. The van der Waals surface area contributed by atoms with Crippen molar-refractivity contribution in [3.63, 3.8) is 0 Å². The van der Waals surface area contributed by atoms with Crippen molar-refractivity contribution in [3.05, 3.63) is 77.0 Å². The van der Waals surface area contributed by atoms with Gasteiger partial charge in [-0.15, -0.1) is 0 Å². The Bertz CT molecular complexity index is 954. The Morgan fingerprint density at radius 3 is 1.86 bits per heavy atom. The smallest absolute Gasteiger partial charge is 0.139 e. The number of nitrogens with zero attached hydrogens (tertiary/aromatic N) is 3. The Balaban J connectivity index is 1.57. The fourth-order valence-corrected chi connectivity index (χ4v) is 3.01. The number of hydrogen-bond acceptors (Lipinski definition) is 5. The fourth-order valence-electron chi connectivity index (χ4n) is 2.76. The summed E-state index contributed by atoms with van der Waals surface area (Å²) < 4.78 is 14.0. The molecule has 3 aromatic rings. The third-order valence-corrected chi connectivity index (χ3v) is 5.04. The van der Waals surface area contributed by atoms with Crippen LogP contribution in [-0.4, -0.2) is 13.1 Å². The quantitative estimate of drug-likeness (QED) is 0.277. The van der Waals surface area contributed by atoms with Gasteiger partial charge in [-0.3, -0.25) is 0 Å². The molecule has 150 valence electrons. The third kappa shape index (κ3) is 5.77. The lowest BCUT2D eigenvalue weighted by Crippen LogP contribution is -2.21. The molecule has 0 aromatic heterocycles. The molecule has 0 saturated carbocycles. The summed E-state index contributed by atoms with van der Waals surface area (Å²) >= 11 is 3.14. The highest BCUT2D eigenvalue weighted by molar-refractivity contribution is 9.10. The molecule has 0 aliphatic carbocycles. The molecule has 0 spiro atoms. The second-order valence-corrected chi connectivity index (χ2v) is 7.17. The van der Waals surface area contributed by atoms with Crippen molar-refractivity contribution >= 4 is 44.4 Å². The summed E-state index contributed by atoms with van der Waals surface area (Å²) in [4.78, 5) is 2.28. The average Bonchev–Trinajstić information content (AvgIpc) is 2.75. The van der Waals surface area contributed by atoms with Crippen LogP contribution in [-0.2, 0) is 0 Å². The molecule has 3 aromatic carbocycles. The Kier molecular flexibility index (Phi) is 7.19. The number of nitrogens with one attached hydrogen (secondary N) is 2. The molecule has 7 heteroatoms. The van der Waals surface area contributed by atoms with Crippen LogP contribution in [0.3, 0.4) is 0 Å². The highest BCUT2D eigenvalue weighted by Gasteiger charge is 2.02. The standard InChI is InChI=1S/C22H23BrFN5/c1-3-29(4-2)20-12-9-18(10-13-20)26-25-16-5-7-17(8-6-16)27-28-19-11-14-21(23)22(24)15-19/h5-15,27-28H,3-4H2,1-2H3. The van der Waals surface area contributed by atoms with Gasteiger partial charge in [0.2, 0.25) is 0 Å². The largest absolute Gasteiger partial charge is 0.372 e. The van der Waals surface area contributed by atoms with Gasteiger partial charge < -0.3 is 15.8 Å². The maximum absolute atomic E-state index is 13.5. The van der Waals surface area contributed by atoms with E-state index in [1.54, 1.807) is 12.1 Å². The first-order valence-corrected chi connectivity index (χ1v) is 10.2. The highest BCUT2D eigenvalue weighted by atomic mass is 79.9. The minimum Gasteiger partial charge on any atom is -0.372 e. The van der Waals surface area contributed by atoms with E-state index >= 15 is 0 Å². The summed E-state index contributed by atoms with van der Waals surface area (Å²) in [5.74, 6) is -0.322. The molecule has 0 heterocycles. The number of hydrazine groups is 1. The lowest BCUT2D eigenvalue weighted by atomic mass is 10.2. The zero-order valence-corrected chi connectivity index (χ0v) is 17.9. The number of hydrogen-bond donors (Lipinski definition) is 2. The van der Waals surface area contributed by atoms with Gasteiger partial charge in [-0.05, 0) is 96.5 Å². The van der Waals surface area contributed by atoms with Gasteiger partial charge in [0.25, 0.3) is 0 Å². The Morgan fingerprint density at radius 1 is 0.793 bits per heavy atom. The summed E-state index contributed by atoms with van der Waals surface area (Å²) in [5.41, 5.74) is 10.2. The second-order valence-electron chi connectivity index (χ2n) is 6.31. The summed E-state index contributed by atoms with van der Waals surface area (Å²) in [6.45, 7) is 6.23. The van der Waals surface area contributed by atoms with Crippen LogP contribution in [0.1, 0.15) is 13.8 Å². The van der Waals surface area contributed by atoms with Crippen molar-refractivity contribution in [2.45, 2.75) is 13.8 Å². The predicted molar refractivity (Wildman–Crippen MR) is 122 cm³/mol. The first-order valence-electron chi connectivity index (χ1n) is 9.43. The van der Waals surface area contributed by atoms with Crippen molar-refractivity contribution in [1.29, 1.82) is 0 Å². The molecule has 0 aliphatic heterocycles. The lowest BCUT2D eigenvalue weighted by molar-refractivity contribution is 0.621. The second kappa shape index (κ2) is 10.0. The minimum absolute atomic E-state index is 0.322. The van der Waals surface area contributed by atoms with Crippen LogP contribution in [0.25, 0.3) is 0 Å². The molecule has 0 amide bonds. The molecule has 0 unspecified atom stereocenters. The van der Waals surface area contributed by atoms with E-state index in [2.05, 4.69) is 67.9 Å². The van der Waals surface area contributed by atoms with E-state index < -0.39 is 0 Å². The fraction of sp³-hybridized carbons (Fsp3) is 0.182. The van der Waals surface area contributed by atoms with Crippen molar-refractivity contribution < 1.29 is 4.39 Å². The molecule has 0 aliphatic rings. The summed E-state index contributed by atoms with van der Waals surface area (Å²) in [6.07, 6.45) is 0. The molecular formula is C22H23BrFN5. The number of anilines is 3. The van der Waals surface area contributed by atoms with Gasteiger partial charge in [0, 0.05) is 18.8 Å². The van der Waals surface area contributed by atoms with Gasteiger partial charge in [0.05, 0.1) is 27.2 Å². The molecule has 5 nitrogen and oxygen atoms in total. The van der Waals surface area contributed by atoms with E-state index in [1.165, 1.54) is 11.8 Å². The first-order chi connectivity index (χ1) is 14.1. The van der Waals surface area contributed by atoms with Crippen LogP contribution in [0.15, 0.2) is 81.4 Å². The number of rotatable bonds is 8. The molecule has 0 radical (unpaired) electrons. The van der Waals surface area contributed by atoms with Crippen LogP contribution in [0.4, 0.5) is 32.8 Å². The van der Waals surface area contributed by atoms with Gasteiger partial charge in [-0.25, -0.2) is 4.39 Å². The van der Waals surface area contributed by atoms with E-state index in [-0.39, 0.29) is 5.82 Å². The van der Waals surface area contributed by atoms with Crippen LogP contribution in [0.5, 0.6) is 0 Å². The Labute approximate surface area is 178 Å². The van der Waals surface area contributed by atoms with Gasteiger partial charge >= 0.3 is 0 Å². The average molecular weight is 456 g/mol. The predicted octanol–water partition coefficient (Wildman–Crippen LogP) is 7.29. The van der Waals surface area contributed by atoms with Crippen LogP contribution < -0.4 is 15.8 Å². The zero-order chi connectivity index (χ0) is 20.6. The van der Waals surface area contributed by atoms with E-state index in [1.807, 2.05) is 36.4 Å². The minimum atomic E-state index is -0.322. The number of halogens is 2. The van der Waals surface area contributed by atoms with E-state index in [0.29, 0.717) is 10.2 Å². The molecule has 0 atom stereocenters. The Morgan fingerprint density at radius 2 is 1.31 bits per heavy atom. The number of benzene rings is 3. The highest BCUT2D eigenvalue weighted by Crippen LogP contribution is 2.24. The molecule has 3 rings (SSSR count). The lowest BCUT2D eigenvalue weighted by Gasteiger charge is -2.20. The molecular weight excluding hydrogens is 433 g/mol. The van der Waals surface area contributed by atoms with Gasteiger partial charge in [0.15, 0.2) is 0 Å². The maximum Gasteiger partial charge on any atom is 0.139 e. The SMILES string of the molecule is CCN(CC)c1ccc(N=Nc2ccc(NNc3ccc(Br)c(F)c3)cc2)cc1. The van der Waals surface area contributed by atoms with Crippen LogP contribution in [0.2, 0.25) is 0 Å². The summed E-state index contributed by atoms with van der Waals surface area (Å²) in [5, 5.41) is 8.57. The topological polar surface area (TPSA) is 52.0 Å². The van der Waals surface area contributed by atoms with Crippen molar-refractivity contribution in [2.75, 3.05) is 28.8 Å². The molecule has 2 N–H and O–H groups in total. The van der Waals surface area contributed by atoms with Crippen LogP contribution in [0, 0.1) is 5.82 Å². The van der Waals surface area contributed by atoms with Gasteiger partial charge in [-0.1, -0.05) is 0 Å². The van der Waals surface area contributed by atoms with Crippen molar-refractivity contribution in [1.82, 2.24) is 0 Å². The summed E-state index contributed by atoms with van der Waals surface area (Å²) in [6, 6.07) is 20.4. The molecule has 0 fully saturated rings. The van der Waals surface area contributed by atoms with Crippen molar-refractivity contribution in [2.24, 2.45) is 10.2 Å². The molecule has 0 bridgehead atoms. The monoisotopic (exact) mass is 455 g/mol. The Hall–Kier alpha value is -2.93. The van der Waals surface area contributed by atoms with E-state index in [9.17, 15) is 4.39 Å². The molecule has 29 heavy (non-hydrogen) atoms. The van der Waals surface area contributed by atoms with Gasteiger partial charge in [0.1, 0.15) is 5.82 Å². The summed E-state index contributed by atoms with van der Waals surface area (Å²) in [7, 11) is 0. The first kappa shape index (κ1) is 20.8. The van der Waals surface area contributed by atoms with Crippen molar-refractivity contribution in [3.8, 4) is 0 Å². The van der Waals surface area contributed by atoms with E-state index in [0.717, 1.165) is 30.2 Å². The molecule has 0 saturated heterocycles. The van der Waals surface area contributed by atoms with Crippen LogP contribution >= 0.6 is 15.9 Å².